The number of urea groups is 1. The second-order valence-electron chi connectivity index (χ2n) is 5.30. The van der Waals surface area contributed by atoms with Crippen LogP contribution in [0.25, 0.3) is 0 Å². The van der Waals surface area contributed by atoms with Crippen LogP contribution in [0.5, 0.6) is 0 Å². The van der Waals surface area contributed by atoms with E-state index in [2.05, 4.69) is 16.0 Å². The van der Waals surface area contributed by atoms with Crippen molar-refractivity contribution in [1.29, 1.82) is 0 Å². The molecule has 22 heavy (non-hydrogen) atoms. The molecule has 2 aliphatic heterocycles. The van der Waals surface area contributed by atoms with Crippen molar-refractivity contribution in [1.82, 2.24) is 10.6 Å². The van der Waals surface area contributed by atoms with Gasteiger partial charge in [-0.1, -0.05) is 12.1 Å². The summed E-state index contributed by atoms with van der Waals surface area (Å²) in [5.41, 5.74) is 0.418. The van der Waals surface area contributed by atoms with Gasteiger partial charge in [0.2, 0.25) is 5.91 Å². The zero-order chi connectivity index (χ0) is 15.9. The highest BCUT2D eigenvalue weighted by molar-refractivity contribution is 6.08. The lowest BCUT2D eigenvalue weighted by Crippen LogP contribution is -2.44. The van der Waals surface area contributed by atoms with Crippen molar-refractivity contribution in [2.45, 2.75) is 24.8 Å². The summed E-state index contributed by atoms with van der Waals surface area (Å²) in [4.78, 5) is 46.0. The molecule has 2 aliphatic rings. The third-order valence-electron chi connectivity index (χ3n) is 3.88. The second kappa shape index (κ2) is 4.83. The number of benzene rings is 1. The highest BCUT2D eigenvalue weighted by Crippen LogP contribution is 2.34. The van der Waals surface area contributed by atoms with Crippen LogP contribution in [0.4, 0.5) is 10.5 Å². The summed E-state index contributed by atoms with van der Waals surface area (Å²) in [6.45, 7) is 0. The molecule has 1 fully saturated rings. The molecule has 114 valence electrons. The molecule has 1 atom stereocenters. The van der Waals surface area contributed by atoms with Crippen molar-refractivity contribution in [3.05, 3.63) is 29.3 Å². The molecule has 0 aromatic heterocycles. The normalized spacial score (nSPS) is 22.8. The maximum Gasteiger partial charge on any atom is 0.322 e. The number of carbonyl (C=O) groups is 4. The summed E-state index contributed by atoms with van der Waals surface area (Å²) < 4.78 is 0. The molecule has 0 aliphatic carbocycles. The number of fused-ring (bicyclic) bond motifs is 1. The van der Waals surface area contributed by atoms with Crippen LogP contribution < -0.4 is 16.0 Å². The van der Waals surface area contributed by atoms with E-state index in [9.17, 15) is 19.2 Å². The van der Waals surface area contributed by atoms with E-state index in [1.54, 1.807) is 18.2 Å². The topological polar surface area (TPSA) is 125 Å². The number of rotatable bonds is 4. The van der Waals surface area contributed by atoms with Gasteiger partial charge in [0.05, 0.1) is 6.42 Å². The lowest BCUT2D eigenvalue weighted by Gasteiger charge is -2.26. The van der Waals surface area contributed by atoms with Crippen LogP contribution in [-0.2, 0) is 26.3 Å². The molecule has 0 saturated carbocycles. The predicted octanol–water partition coefficient (Wildman–Crippen LogP) is 0.0807. The Morgan fingerprint density at radius 3 is 2.64 bits per heavy atom. The van der Waals surface area contributed by atoms with Gasteiger partial charge in [0.1, 0.15) is 5.54 Å². The third kappa shape index (κ3) is 2.18. The largest absolute Gasteiger partial charge is 0.481 e. The maximum atomic E-state index is 12.2. The van der Waals surface area contributed by atoms with E-state index in [-0.39, 0.29) is 25.2 Å². The second-order valence-corrected chi connectivity index (χ2v) is 5.30. The van der Waals surface area contributed by atoms with E-state index in [0.29, 0.717) is 16.8 Å². The first-order valence-electron chi connectivity index (χ1n) is 6.69. The lowest BCUT2D eigenvalue weighted by atomic mass is 9.84. The first kappa shape index (κ1) is 14.1. The molecule has 1 saturated heterocycles. The summed E-state index contributed by atoms with van der Waals surface area (Å²) in [6.07, 6.45) is -0.157. The first-order chi connectivity index (χ1) is 10.4. The number of aliphatic carboxylic acids is 1. The van der Waals surface area contributed by atoms with E-state index in [0.717, 1.165) is 0 Å². The number of hydrogen-bond acceptors (Lipinski definition) is 4. The third-order valence-corrected chi connectivity index (χ3v) is 3.88. The van der Waals surface area contributed by atoms with E-state index >= 15 is 0 Å². The van der Waals surface area contributed by atoms with E-state index in [4.69, 9.17) is 5.11 Å². The molecular formula is C14H13N3O5. The molecule has 1 unspecified atom stereocenters. The van der Waals surface area contributed by atoms with Crippen LogP contribution >= 0.6 is 0 Å². The zero-order valence-corrected chi connectivity index (χ0v) is 11.4. The van der Waals surface area contributed by atoms with Gasteiger partial charge in [-0.3, -0.25) is 19.7 Å². The minimum Gasteiger partial charge on any atom is -0.481 e. The van der Waals surface area contributed by atoms with Crippen molar-refractivity contribution in [3.8, 4) is 0 Å². The Morgan fingerprint density at radius 1 is 1.23 bits per heavy atom. The van der Waals surface area contributed by atoms with Gasteiger partial charge < -0.3 is 15.7 Å². The Kier molecular flexibility index (Phi) is 3.09. The van der Waals surface area contributed by atoms with Crippen molar-refractivity contribution >= 4 is 29.5 Å². The van der Waals surface area contributed by atoms with Crippen molar-refractivity contribution in [3.63, 3.8) is 0 Å². The quantitative estimate of drug-likeness (QED) is 0.586. The SMILES string of the molecule is O=C(O)CCC1(c2ccc3c(c2)CC(=O)N3)NC(=O)NC1=O. The number of amides is 4. The van der Waals surface area contributed by atoms with Gasteiger partial charge >= 0.3 is 12.0 Å². The molecule has 0 radical (unpaired) electrons. The Hall–Kier alpha value is -2.90. The molecule has 2 heterocycles. The van der Waals surface area contributed by atoms with Crippen LogP contribution in [0.1, 0.15) is 24.0 Å². The molecule has 1 aromatic carbocycles. The summed E-state index contributed by atoms with van der Waals surface area (Å²) in [7, 11) is 0. The van der Waals surface area contributed by atoms with Crippen LogP contribution in [0.2, 0.25) is 0 Å². The number of carboxylic acids is 1. The Labute approximate surface area is 124 Å². The van der Waals surface area contributed by atoms with Crippen LogP contribution in [0, 0.1) is 0 Å². The van der Waals surface area contributed by atoms with Gasteiger partial charge in [-0.25, -0.2) is 4.79 Å². The maximum absolute atomic E-state index is 12.2. The number of hydrogen-bond donors (Lipinski definition) is 4. The molecule has 1 aromatic rings. The summed E-state index contributed by atoms with van der Waals surface area (Å²) in [5.74, 6) is -1.80. The van der Waals surface area contributed by atoms with Crippen molar-refractivity contribution in [2.75, 3.05) is 5.32 Å². The number of carboxylic acid groups (broad SMARTS) is 1. The standard InChI is InChI=1S/C14H13N3O5/c18-10-6-7-5-8(1-2-9(7)15-10)14(4-3-11(19)20)12(21)16-13(22)17-14/h1-2,5H,3-4,6H2,(H,15,18)(H,19,20)(H2,16,17,21,22). The minimum absolute atomic E-state index is 0.0694. The number of anilines is 1. The van der Waals surface area contributed by atoms with Crippen LogP contribution in [0.3, 0.4) is 0 Å². The molecule has 0 spiro atoms. The monoisotopic (exact) mass is 303 g/mol. The zero-order valence-electron chi connectivity index (χ0n) is 11.4. The van der Waals surface area contributed by atoms with Gasteiger partial charge in [-0.05, 0) is 23.6 Å². The fourth-order valence-corrected chi connectivity index (χ4v) is 2.80. The van der Waals surface area contributed by atoms with Crippen LogP contribution in [-0.4, -0.2) is 28.9 Å². The van der Waals surface area contributed by atoms with Gasteiger partial charge in [-0.15, -0.1) is 0 Å². The Bertz CT molecular complexity index is 714. The number of nitrogens with one attached hydrogen (secondary N) is 3. The summed E-state index contributed by atoms with van der Waals surface area (Å²) in [5, 5.41) is 16.2. The van der Waals surface area contributed by atoms with Crippen LogP contribution in [0.15, 0.2) is 18.2 Å². The average Bonchev–Trinajstić information content (AvgIpc) is 2.94. The predicted molar refractivity (Wildman–Crippen MR) is 74.0 cm³/mol. The number of carbonyl (C=O) groups excluding carboxylic acids is 3. The van der Waals surface area contributed by atoms with E-state index < -0.39 is 23.4 Å². The molecule has 4 N–H and O–H groups in total. The van der Waals surface area contributed by atoms with E-state index in [1.165, 1.54) is 0 Å². The van der Waals surface area contributed by atoms with Crippen molar-refractivity contribution < 1.29 is 24.3 Å². The number of imide groups is 1. The highest BCUT2D eigenvalue weighted by atomic mass is 16.4. The molecule has 0 bridgehead atoms. The molecule has 8 nitrogen and oxygen atoms in total. The average molecular weight is 303 g/mol. The van der Waals surface area contributed by atoms with Gasteiger partial charge in [0.25, 0.3) is 5.91 Å². The molecule has 4 amide bonds. The lowest BCUT2D eigenvalue weighted by molar-refractivity contribution is -0.137. The molecule has 3 rings (SSSR count). The fourth-order valence-electron chi connectivity index (χ4n) is 2.80. The van der Waals surface area contributed by atoms with Gasteiger partial charge in [-0.2, -0.15) is 0 Å². The first-order valence-corrected chi connectivity index (χ1v) is 6.69. The van der Waals surface area contributed by atoms with Gasteiger partial charge in [0, 0.05) is 12.1 Å². The minimum atomic E-state index is -1.42. The van der Waals surface area contributed by atoms with Crippen molar-refractivity contribution in [2.24, 2.45) is 0 Å². The Balaban J connectivity index is 2.01. The Morgan fingerprint density at radius 2 is 2.00 bits per heavy atom. The fraction of sp³-hybridized carbons (Fsp3) is 0.286. The van der Waals surface area contributed by atoms with Gasteiger partial charge in [0.15, 0.2) is 0 Å². The molecular weight excluding hydrogens is 290 g/mol. The molecule has 8 heteroatoms. The van der Waals surface area contributed by atoms with E-state index in [1.807, 2.05) is 0 Å². The summed E-state index contributed by atoms with van der Waals surface area (Å²) >= 11 is 0. The summed E-state index contributed by atoms with van der Waals surface area (Å²) in [6, 6.07) is 4.25. The highest BCUT2D eigenvalue weighted by Gasteiger charge is 2.48. The smallest absolute Gasteiger partial charge is 0.322 e.